The Hall–Kier alpha value is -3.78. The molecule has 224 valence electrons. The van der Waals surface area contributed by atoms with Crippen LogP contribution in [0.1, 0.15) is 36.1 Å². The van der Waals surface area contributed by atoms with E-state index in [4.69, 9.17) is 5.11 Å². The number of carbonyl (C=O) groups excluding carboxylic acids is 2. The maximum atomic E-state index is 13.6. The zero-order chi connectivity index (χ0) is 30.6. The molecule has 42 heavy (non-hydrogen) atoms. The quantitative estimate of drug-likeness (QED) is 0.157. The van der Waals surface area contributed by atoms with Crippen LogP contribution < -0.4 is 10.2 Å². The first-order valence-electron chi connectivity index (χ1n) is 13.3. The monoisotopic (exact) mass is 586 g/mol. The molecule has 3 aromatic carbocycles. The Morgan fingerprint density at radius 3 is 2.12 bits per heavy atom. The van der Waals surface area contributed by atoms with Gasteiger partial charge in [-0.2, -0.15) is 0 Å². The number of aliphatic hydroxyl groups excluding tert-OH is 6. The molecule has 0 aromatic heterocycles. The molecule has 1 aliphatic heterocycles. The minimum atomic E-state index is -2.15. The largest absolute Gasteiger partial charge is 0.394 e. The summed E-state index contributed by atoms with van der Waals surface area (Å²) in [6.07, 6.45) is -8.50. The molecular weight excluding hydrogens is 554 g/mol. The van der Waals surface area contributed by atoms with Crippen LogP contribution in [0.15, 0.2) is 72.8 Å². The van der Waals surface area contributed by atoms with E-state index in [9.17, 15) is 43.9 Å². The predicted molar refractivity (Wildman–Crippen MR) is 147 cm³/mol. The van der Waals surface area contributed by atoms with Gasteiger partial charge >= 0.3 is 0 Å². The van der Waals surface area contributed by atoms with E-state index in [0.717, 1.165) is 0 Å². The van der Waals surface area contributed by atoms with E-state index in [-0.39, 0.29) is 24.4 Å². The number of aliphatic hydroxyl groups is 6. The van der Waals surface area contributed by atoms with Gasteiger partial charge in [0.1, 0.15) is 29.9 Å². The third kappa shape index (κ3) is 6.81. The van der Waals surface area contributed by atoms with Crippen molar-refractivity contribution in [1.82, 2.24) is 0 Å². The number of nitrogens with one attached hydrogen (secondary N) is 1. The fourth-order valence-corrected chi connectivity index (χ4v) is 4.98. The summed E-state index contributed by atoms with van der Waals surface area (Å²) in [5.74, 6) is -2.88. The van der Waals surface area contributed by atoms with Gasteiger partial charge in [0.15, 0.2) is 6.10 Å². The summed E-state index contributed by atoms with van der Waals surface area (Å²) in [6.45, 7) is -0.901. The lowest BCUT2D eigenvalue weighted by Crippen LogP contribution is -2.55. The molecule has 4 rings (SSSR count). The van der Waals surface area contributed by atoms with Crippen molar-refractivity contribution >= 4 is 23.2 Å². The van der Waals surface area contributed by atoms with E-state index in [2.05, 4.69) is 5.32 Å². The van der Waals surface area contributed by atoms with Gasteiger partial charge < -0.3 is 40.9 Å². The van der Waals surface area contributed by atoms with Gasteiger partial charge in [0.2, 0.25) is 5.91 Å². The number of hydrogen-bond donors (Lipinski definition) is 7. The molecule has 7 atom stereocenters. The van der Waals surface area contributed by atoms with Gasteiger partial charge in [0.25, 0.3) is 5.91 Å². The molecule has 2 amide bonds. The third-order valence-corrected chi connectivity index (χ3v) is 7.34. The Bertz CT molecular complexity index is 1370. The SMILES string of the molecule is O=C(Nc1cccc(C2C(CCC(O)c3ccc(F)cc3)C(=O)N2c2ccc(F)cc2)c1)C(O)C(O)C(O)C(O)CO. The summed E-state index contributed by atoms with van der Waals surface area (Å²) >= 11 is 0. The highest BCUT2D eigenvalue weighted by molar-refractivity contribution is 6.03. The fourth-order valence-electron chi connectivity index (χ4n) is 4.98. The highest BCUT2D eigenvalue weighted by Crippen LogP contribution is 2.46. The van der Waals surface area contributed by atoms with Crippen LogP contribution in [-0.2, 0) is 9.59 Å². The smallest absolute Gasteiger partial charge is 0.256 e. The van der Waals surface area contributed by atoms with Crippen molar-refractivity contribution in [3.63, 3.8) is 0 Å². The van der Waals surface area contributed by atoms with Crippen LogP contribution in [0.25, 0.3) is 0 Å². The van der Waals surface area contributed by atoms with E-state index < -0.39 is 66.6 Å². The van der Waals surface area contributed by atoms with Crippen molar-refractivity contribution < 1.29 is 49.0 Å². The molecule has 7 unspecified atom stereocenters. The summed E-state index contributed by atoms with van der Waals surface area (Å²) in [4.78, 5) is 27.4. The topological polar surface area (TPSA) is 171 Å². The molecule has 1 saturated heterocycles. The molecule has 1 aliphatic rings. The van der Waals surface area contributed by atoms with Gasteiger partial charge in [-0.05, 0) is 72.5 Å². The zero-order valence-electron chi connectivity index (χ0n) is 22.3. The molecule has 0 spiro atoms. The maximum absolute atomic E-state index is 13.6. The average molecular weight is 587 g/mol. The number of β-lactam (4-membered cyclic amide) rings is 1. The van der Waals surface area contributed by atoms with Gasteiger partial charge in [0.05, 0.1) is 24.7 Å². The second-order valence-corrected chi connectivity index (χ2v) is 10.2. The van der Waals surface area contributed by atoms with Crippen LogP contribution in [0.5, 0.6) is 0 Å². The van der Waals surface area contributed by atoms with Crippen LogP contribution in [0.3, 0.4) is 0 Å². The van der Waals surface area contributed by atoms with Gasteiger partial charge in [-0.3, -0.25) is 9.59 Å². The number of rotatable bonds is 12. The highest BCUT2D eigenvalue weighted by Gasteiger charge is 2.48. The van der Waals surface area contributed by atoms with E-state index in [1.165, 1.54) is 59.5 Å². The molecule has 0 saturated carbocycles. The van der Waals surface area contributed by atoms with Crippen LogP contribution in [-0.4, -0.2) is 73.5 Å². The second kappa shape index (κ2) is 13.5. The van der Waals surface area contributed by atoms with E-state index >= 15 is 0 Å². The highest BCUT2D eigenvalue weighted by atomic mass is 19.1. The first kappa shape index (κ1) is 31.2. The maximum Gasteiger partial charge on any atom is 0.256 e. The molecule has 1 heterocycles. The van der Waals surface area contributed by atoms with Crippen molar-refractivity contribution in [2.45, 2.75) is 49.4 Å². The summed E-state index contributed by atoms with van der Waals surface area (Å²) in [5, 5.41) is 61.5. The third-order valence-electron chi connectivity index (χ3n) is 7.34. The molecule has 12 heteroatoms. The van der Waals surface area contributed by atoms with Gasteiger partial charge in [-0.25, -0.2) is 8.78 Å². The molecule has 1 fully saturated rings. The normalized spacial score (nSPS) is 20.3. The van der Waals surface area contributed by atoms with E-state index in [1.807, 2.05) is 0 Å². The number of carbonyl (C=O) groups is 2. The summed E-state index contributed by atoms with van der Waals surface area (Å²) in [7, 11) is 0. The Morgan fingerprint density at radius 2 is 1.50 bits per heavy atom. The molecule has 0 aliphatic carbocycles. The molecular formula is C30H32F2N2O8. The summed E-state index contributed by atoms with van der Waals surface area (Å²) in [6, 6.07) is 16.5. The lowest BCUT2D eigenvalue weighted by atomic mass is 9.78. The van der Waals surface area contributed by atoms with Crippen LogP contribution in [0, 0.1) is 17.6 Å². The lowest BCUT2D eigenvalue weighted by Gasteiger charge is -2.48. The van der Waals surface area contributed by atoms with Crippen LogP contribution >= 0.6 is 0 Å². The molecule has 7 N–H and O–H groups in total. The number of hydrogen-bond acceptors (Lipinski definition) is 8. The minimum absolute atomic E-state index is 0.185. The van der Waals surface area contributed by atoms with Crippen molar-refractivity contribution in [3.8, 4) is 0 Å². The number of halogens is 2. The minimum Gasteiger partial charge on any atom is -0.394 e. The fraction of sp³-hybridized carbons (Fsp3) is 0.333. The number of nitrogens with zero attached hydrogens (tertiary/aromatic N) is 1. The molecule has 0 radical (unpaired) electrons. The Kier molecular flexibility index (Phi) is 9.99. The van der Waals surface area contributed by atoms with E-state index in [1.54, 1.807) is 18.2 Å². The average Bonchev–Trinajstić information content (AvgIpc) is 2.99. The first-order chi connectivity index (χ1) is 20.0. The summed E-state index contributed by atoms with van der Waals surface area (Å²) < 4.78 is 26.9. The van der Waals surface area contributed by atoms with Crippen LogP contribution in [0.2, 0.25) is 0 Å². The van der Waals surface area contributed by atoms with Crippen molar-refractivity contribution in [3.05, 3.63) is 95.6 Å². The molecule has 3 aromatic rings. The van der Waals surface area contributed by atoms with Crippen molar-refractivity contribution in [2.24, 2.45) is 5.92 Å². The van der Waals surface area contributed by atoms with Gasteiger partial charge in [-0.15, -0.1) is 0 Å². The number of amides is 2. The Balaban J connectivity index is 1.54. The molecule has 10 nitrogen and oxygen atoms in total. The van der Waals surface area contributed by atoms with Crippen molar-refractivity contribution in [1.29, 1.82) is 0 Å². The predicted octanol–water partition coefficient (Wildman–Crippen LogP) is 1.56. The summed E-state index contributed by atoms with van der Waals surface area (Å²) in [5.41, 5.74) is 1.69. The van der Waals surface area contributed by atoms with Gasteiger partial charge in [-0.1, -0.05) is 24.3 Å². The van der Waals surface area contributed by atoms with Crippen LogP contribution in [0.4, 0.5) is 20.2 Å². The van der Waals surface area contributed by atoms with E-state index in [0.29, 0.717) is 16.8 Å². The molecule has 0 bridgehead atoms. The Labute approximate surface area is 240 Å². The number of anilines is 2. The van der Waals surface area contributed by atoms with Crippen molar-refractivity contribution in [2.75, 3.05) is 16.8 Å². The Morgan fingerprint density at radius 1 is 0.881 bits per heavy atom. The zero-order valence-corrected chi connectivity index (χ0v) is 22.3. The first-order valence-corrected chi connectivity index (χ1v) is 13.3. The lowest BCUT2D eigenvalue weighted by molar-refractivity contribution is -0.144. The second-order valence-electron chi connectivity index (χ2n) is 10.2. The number of benzene rings is 3. The standard InChI is InChI=1S/C30H32F2N2O8/c31-18-6-4-16(5-7-18)23(36)13-12-22-25(34(30(22)42)21-10-8-19(32)9-11-21)17-2-1-3-20(14-17)33-29(41)28(40)27(39)26(38)24(37)15-35/h1-11,14,22-28,35-40H,12-13,15H2,(H,33,41). The van der Waals surface area contributed by atoms with Gasteiger partial charge in [0, 0.05) is 11.4 Å².